The molecule has 0 unspecified atom stereocenters. The number of benzene rings is 1. The molecule has 0 aromatic heterocycles. The minimum atomic E-state index is -0.911. The van der Waals surface area contributed by atoms with Gasteiger partial charge in [0.05, 0.1) is 11.0 Å². The first kappa shape index (κ1) is 14.1. The number of hydrogen-bond donors (Lipinski definition) is 2. The van der Waals surface area contributed by atoms with Crippen LogP contribution in [-0.2, 0) is 9.59 Å². The fourth-order valence-corrected chi connectivity index (χ4v) is 1.88. The molecule has 1 aromatic rings. The van der Waals surface area contributed by atoms with Crippen molar-refractivity contribution >= 4 is 45.3 Å². The Morgan fingerprint density at radius 3 is 2.53 bits per heavy atom. The van der Waals surface area contributed by atoms with Crippen molar-refractivity contribution in [1.29, 1.82) is 0 Å². The van der Waals surface area contributed by atoms with Crippen LogP contribution in [0.15, 0.2) is 28.7 Å². The van der Waals surface area contributed by atoms with Crippen LogP contribution in [0.3, 0.4) is 0 Å². The molecule has 1 rings (SSSR count). The van der Waals surface area contributed by atoms with E-state index in [1.807, 2.05) is 12.1 Å². The first-order valence-corrected chi connectivity index (χ1v) is 6.73. The molecular weight excluding hydrogens is 306 g/mol. The van der Waals surface area contributed by atoms with Gasteiger partial charge in [0.1, 0.15) is 0 Å². The maximum atomic E-state index is 11.5. The summed E-state index contributed by atoms with van der Waals surface area (Å²) >= 11 is 4.39. The third-order valence-corrected chi connectivity index (χ3v) is 3.60. The van der Waals surface area contributed by atoms with Gasteiger partial charge in [-0.25, -0.2) is 0 Å². The van der Waals surface area contributed by atoms with Gasteiger partial charge in [0.25, 0.3) is 0 Å². The van der Waals surface area contributed by atoms with E-state index in [0.717, 1.165) is 16.2 Å². The maximum Gasteiger partial charge on any atom is 0.316 e. The Morgan fingerprint density at radius 1 is 1.41 bits per heavy atom. The maximum absolute atomic E-state index is 11.5. The van der Waals surface area contributed by atoms with Gasteiger partial charge in [0.15, 0.2) is 0 Å². The average Bonchev–Trinajstić information content (AvgIpc) is 2.29. The van der Waals surface area contributed by atoms with Gasteiger partial charge in [-0.3, -0.25) is 9.59 Å². The number of carboxylic acid groups (broad SMARTS) is 1. The number of halogens is 1. The highest BCUT2D eigenvalue weighted by atomic mass is 79.9. The van der Waals surface area contributed by atoms with E-state index in [0.29, 0.717) is 5.69 Å². The second-order valence-electron chi connectivity index (χ2n) is 3.35. The van der Waals surface area contributed by atoms with Gasteiger partial charge >= 0.3 is 5.97 Å². The van der Waals surface area contributed by atoms with Gasteiger partial charge in [-0.2, -0.15) is 0 Å². The van der Waals surface area contributed by atoms with Crippen molar-refractivity contribution in [3.05, 3.63) is 28.7 Å². The molecule has 1 atom stereocenters. The Balaban J connectivity index is 2.39. The fourth-order valence-electron chi connectivity index (χ4n) is 1.00. The number of carbonyl (C=O) groups is 2. The minimum absolute atomic E-state index is 0.129. The lowest BCUT2D eigenvalue weighted by Crippen LogP contribution is -2.19. The molecule has 1 amide bonds. The van der Waals surface area contributed by atoms with Gasteiger partial charge in [-0.05, 0) is 31.2 Å². The molecule has 6 heteroatoms. The van der Waals surface area contributed by atoms with E-state index in [4.69, 9.17) is 5.11 Å². The topological polar surface area (TPSA) is 66.4 Å². The minimum Gasteiger partial charge on any atom is -0.480 e. The number of anilines is 1. The molecule has 0 saturated carbocycles. The molecule has 0 aliphatic heterocycles. The molecule has 0 aliphatic carbocycles. The van der Waals surface area contributed by atoms with Crippen molar-refractivity contribution in [2.45, 2.75) is 12.2 Å². The normalized spacial score (nSPS) is 11.9. The van der Waals surface area contributed by atoms with Crippen molar-refractivity contribution in [3.8, 4) is 0 Å². The van der Waals surface area contributed by atoms with Crippen molar-refractivity contribution in [2.24, 2.45) is 0 Å². The zero-order valence-electron chi connectivity index (χ0n) is 9.14. The van der Waals surface area contributed by atoms with Crippen LogP contribution in [0.4, 0.5) is 5.69 Å². The van der Waals surface area contributed by atoms with E-state index in [2.05, 4.69) is 21.2 Å². The highest BCUT2D eigenvalue weighted by Crippen LogP contribution is 2.15. The van der Waals surface area contributed by atoms with Crippen LogP contribution in [0.2, 0.25) is 0 Å². The summed E-state index contributed by atoms with van der Waals surface area (Å²) in [6.07, 6.45) is 0. The quantitative estimate of drug-likeness (QED) is 0.876. The van der Waals surface area contributed by atoms with Crippen LogP contribution in [0, 0.1) is 0 Å². The highest BCUT2D eigenvalue weighted by molar-refractivity contribution is 9.10. The van der Waals surface area contributed by atoms with Crippen LogP contribution in [0.5, 0.6) is 0 Å². The summed E-state index contributed by atoms with van der Waals surface area (Å²) in [4.78, 5) is 22.0. The predicted molar refractivity (Wildman–Crippen MR) is 72.3 cm³/mol. The monoisotopic (exact) mass is 317 g/mol. The number of rotatable bonds is 5. The van der Waals surface area contributed by atoms with Crippen molar-refractivity contribution < 1.29 is 14.7 Å². The fraction of sp³-hybridized carbons (Fsp3) is 0.273. The number of carboxylic acids is 1. The molecule has 0 bridgehead atoms. The molecule has 0 spiro atoms. The van der Waals surface area contributed by atoms with Crippen molar-refractivity contribution in [3.63, 3.8) is 0 Å². The number of amides is 1. The van der Waals surface area contributed by atoms with Crippen LogP contribution in [-0.4, -0.2) is 28.0 Å². The first-order valence-electron chi connectivity index (χ1n) is 4.89. The summed E-state index contributed by atoms with van der Waals surface area (Å²) in [5, 5.41) is 10.8. The molecule has 2 N–H and O–H groups in total. The van der Waals surface area contributed by atoms with Gasteiger partial charge in [0.2, 0.25) is 5.91 Å². The van der Waals surface area contributed by atoms with E-state index in [-0.39, 0.29) is 11.7 Å². The summed E-state index contributed by atoms with van der Waals surface area (Å²) in [5.74, 6) is -0.986. The van der Waals surface area contributed by atoms with E-state index in [1.165, 1.54) is 0 Å². The summed E-state index contributed by atoms with van der Waals surface area (Å²) < 4.78 is 0.935. The highest BCUT2D eigenvalue weighted by Gasteiger charge is 2.13. The molecule has 0 aliphatic rings. The molecule has 4 nitrogen and oxygen atoms in total. The van der Waals surface area contributed by atoms with Gasteiger partial charge in [0, 0.05) is 10.2 Å². The standard InChI is InChI=1S/C11H12BrNO3S/c1-7(11(15)16)17-6-10(14)13-9-4-2-8(12)3-5-9/h2-5,7H,6H2,1H3,(H,13,14)(H,15,16)/t7-/m1/s1. The Bertz CT molecular complexity index is 408. The van der Waals surface area contributed by atoms with Gasteiger partial charge in [-0.15, -0.1) is 11.8 Å². The molecule has 0 fully saturated rings. The van der Waals surface area contributed by atoms with Crippen molar-refractivity contribution in [2.75, 3.05) is 11.1 Å². The lowest BCUT2D eigenvalue weighted by molar-refractivity contribution is -0.136. The zero-order chi connectivity index (χ0) is 12.8. The molecule has 0 heterocycles. The van der Waals surface area contributed by atoms with Crippen molar-refractivity contribution in [1.82, 2.24) is 0 Å². The SMILES string of the molecule is C[C@@H](SCC(=O)Nc1ccc(Br)cc1)C(=O)O. The summed E-state index contributed by atoms with van der Waals surface area (Å²) in [5.41, 5.74) is 0.696. The third-order valence-electron chi connectivity index (χ3n) is 1.94. The lowest BCUT2D eigenvalue weighted by Gasteiger charge is -2.07. The Labute approximate surface area is 112 Å². The summed E-state index contributed by atoms with van der Waals surface area (Å²) in [6.45, 7) is 1.56. The first-order chi connectivity index (χ1) is 7.99. The summed E-state index contributed by atoms with van der Waals surface area (Å²) in [7, 11) is 0. The molecule has 17 heavy (non-hydrogen) atoms. The summed E-state index contributed by atoms with van der Waals surface area (Å²) in [6, 6.07) is 7.19. The van der Waals surface area contributed by atoms with E-state index < -0.39 is 11.2 Å². The zero-order valence-corrected chi connectivity index (χ0v) is 11.5. The number of hydrogen-bond acceptors (Lipinski definition) is 3. The third kappa shape index (κ3) is 5.23. The second-order valence-corrected chi connectivity index (χ2v) is 5.59. The molecular formula is C11H12BrNO3S. The van der Waals surface area contributed by atoms with Crippen LogP contribution < -0.4 is 5.32 Å². The van der Waals surface area contributed by atoms with E-state index in [9.17, 15) is 9.59 Å². The molecule has 1 aromatic carbocycles. The van der Waals surface area contributed by atoms with Crippen LogP contribution in [0.1, 0.15) is 6.92 Å². The lowest BCUT2D eigenvalue weighted by atomic mass is 10.3. The Hall–Kier alpha value is -1.01. The van der Waals surface area contributed by atoms with E-state index >= 15 is 0 Å². The number of aliphatic carboxylic acids is 1. The Morgan fingerprint density at radius 2 is 2.00 bits per heavy atom. The van der Waals surface area contributed by atoms with E-state index in [1.54, 1.807) is 19.1 Å². The second kappa shape index (κ2) is 6.66. The molecule has 0 radical (unpaired) electrons. The largest absolute Gasteiger partial charge is 0.480 e. The predicted octanol–water partition coefficient (Wildman–Crippen LogP) is 2.59. The number of carbonyl (C=O) groups excluding carboxylic acids is 1. The molecule has 0 saturated heterocycles. The van der Waals surface area contributed by atoms with Gasteiger partial charge < -0.3 is 10.4 Å². The average molecular weight is 318 g/mol. The Kier molecular flexibility index (Phi) is 5.50. The van der Waals surface area contributed by atoms with Crippen LogP contribution >= 0.6 is 27.7 Å². The van der Waals surface area contributed by atoms with Gasteiger partial charge in [-0.1, -0.05) is 15.9 Å². The smallest absolute Gasteiger partial charge is 0.316 e. The van der Waals surface area contributed by atoms with Crippen LogP contribution in [0.25, 0.3) is 0 Å². The molecule has 92 valence electrons. The number of thioether (sulfide) groups is 1. The number of nitrogens with one attached hydrogen (secondary N) is 1.